The Morgan fingerprint density at radius 2 is 1.78 bits per heavy atom. The normalized spacial score (nSPS) is 17.5. The van der Waals surface area contributed by atoms with Crippen LogP contribution in [0.15, 0.2) is 41.6 Å². The van der Waals surface area contributed by atoms with Crippen LogP contribution in [-0.4, -0.2) is 71.6 Å². The summed E-state index contributed by atoms with van der Waals surface area (Å²) in [5.74, 6) is 0.457. The summed E-state index contributed by atoms with van der Waals surface area (Å²) in [4.78, 5) is 13.1. The van der Waals surface area contributed by atoms with Gasteiger partial charge in [-0.3, -0.25) is 0 Å². The number of sulfonamides is 1. The summed E-state index contributed by atoms with van der Waals surface area (Å²) < 4.78 is 49.5. The highest BCUT2D eigenvalue weighted by molar-refractivity contribution is 7.89. The highest BCUT2D eigenvalue weighted by Gasteiger charge is 2.26. The molecule has 0 bridgehead atoms. The van der Waals surface area contributed by atoms with Crippen molar-refractivity contribution in [2.75, 3.05) is 44.7 Å². The van der Waals surface area contributed by atoms with Crippen LogP contribution in [0.4, 0.5) is 16.0 Å². The standard InChI is InChI=1S/C23H28FN7O3S.ClH/c1-16-26-15-21(31(16)18-6-12-34-13-7-18)22-20(24)14-27-23(29-22)28-17-2-4-19(5-3-17)35(32,33)30-10-8-25-9-11-30;/h2-5,14-15,18,25H,6-13H2,1H3,(H,27,28,29);1H. The second-order valence-electron chi connectivity index (χ2n) is 8.60. The molecular formula is C23H29ClFN7O3S. The van der Waals surface area contributed by atoms with Gasteiger partial charge >= 0.3 is 0 Å². The van der Waals surface area contributed by atoms with Gasteiger partial charge in [-0.05, 0) is 44.0 Å². The Bertz CT molecular complexity index is 1290. The van der Waals surface area contributed by atoms with E-state index >= 15 is 0 Å². The van der Waals surface area contributed by atoms with E-state index in [1.54, 1.807) is 30.5 Å². The van der Waals surface area contributed by atoms with Crippen LogP contribution in [0.25, 0.3) is 11.4 Å². The molecule has 10 nitrogen and oxygen atoms in total. The number of imidazole rings is 1. The van der Waals surface area contributed by atoms with Gasteiger partial charge in [0.2, 0.25) is 16.0 Å². The molecule has 0 aliphatic carbocycles. The number of hydrogen-bond acceptors (Lipinski definition) is 8. The van der Waals surface area contributed by atoms with Gasteiger partial charge in [0.25, 0.3) is 0 Å². The molecule has 4 heterocycles. The lowest BCUT2D eigenvalue weighted by Gasteiger charge is -2.26. The van der Waals surface area contributed by atoms with Crippen LogP contribution >= 0.6 is 12.4 Å². The average molecular weight is 538 g/mol. The van der Waals surface area contributed by atoms with Crippen LogP contribution in [0.1, 0.15) is 24.7 Å². The quantitative estimate of drug-likeness (QED) is 0.493. The Labute approximate surface area is 215 Å². The van der Waals surface area contributed by atoms with E-state index < -0.39 is 15.8 Å². The minimum Gasteiger partial charge on any atom is -0.381 e. The highest BCUT2D eigenvalue weighted by Crippen LogP contribution is 2.31. The Hall–Kier alpha value is -2.64. The van der Waals surface area contributed by atoms with Gasteiger partial charge < -0.3 is 19.9 Å². The molecule has 2 aliphatic heterocycles. The van der Waals surface area contributed by atoms with Gasteiger partial charge in [-0.1, -0.05) is 0 Å². The number of nitrogens with zero attached hydrogens (tertiary/aromatic N) is 5. The molecule has 2 N–H and O–H groups in total. The maximum Gasteiger partial charge on any atom is 0.243 e. The number of aryl methyl sites for hydroxylation is 1. The van der Waals surface area contributed by atoms with Crippen LogP contribution < -0.4 is 10.6 Å². The second kappa shape index (κ2) is 11.2. The first-order valence-electron chi connectivity index (χ1n) is 11.7. The summed E-state index contributed by atoms with van der Waals surface area (Å²) in [5, 5.41) is 6.20. The van der Waals surface area contributed by atoms with Crippen molar-refractivity contribution in [2.45, 2.75) is 30.7 Å². The van der Waals surface area contributed by atoms with Crippen molar-refractivity contribution in [3.05, 3.63) is 48.3 Å². The number of aromatic nitrogens is 4. The molecule has 2 saturated heterocycles. The predicted octanol–water partition coefficient (Wildman–Crippen LogP) is 2.90. The molecule has 2 aliphatic rings. The zero-order chi connectivity index (χ0) is 24.4. The summed E-state index contributed by atoms with van der Waals surface area (Å²) >= 11 is 0. The Morgan fingerprint density at radius 3 is 2.47 bits per heavy atom. The van der Waals surface area contributed by atoms with Gasteiger partial charge in [-0.2, -0.15) is 4.31 Å². The largest absolute Gasteiger partial charge is 0.381 e. The minimum atomic E-state index is -3.55. The zero-order valence-electron chi connectivity index (χ0n) is 19.9. The SMILES string of the molecule is Cc1ncc(-c2nc(Nc3ccc(S(=O)(=O)N4CCNCC4)cc3)ncc2F)n1C1CCOCC1.Cl. The van der Waals surface area contributed by atoms with Crippen LogP contribution in [0.2, 0.25) is 0 Å². The summed E-state index contributed by atoms with van der Waals surface area (Å²) in [6.45, 7) is 5.36. The van der Waals surface area contributed by atoms with Crippen molar-refractivity contribution in [3.63, 3.8) is 0 Å². The van der Waals surface area contributed by atoms with Gasteiger partial charge in [0.05, 0.1) is 23.0 Å². The summed E-state index contributed by atoms with van der Waals surface area (Å²) in [6.07, 6.45) is 4.41. The van der Waals surface area contributed by atoms with Crippen molar-refractivity contribution >= 4 is 34.1 Å². The molecule has 36 heavy (non-hydrogen) atoms. The predicted molar refractivity (Wildman–Crippen MR) is 136 cm³/mol. The summed E-state index contributed by atoms with van der Waals surface area (Å²) in [5.41, 5.74) is 1.35. The third-order valence-electron chi connectivity index (χ3n) is 6.35. The van der Waals surface area contributed by atoms with Crippen LogP contribution in [-0.2, 0) is 14.8 Å². The van der Waals surface area contributed by atoms with Crippen LogP contribution in [0.3, 0.4) is 0 Å². The Balaban J connectivity index is 0.00000304. The number of anilines is 2. The topological polar surface area (TPSA) is 114 Å². The Morgan fingerprint density at radius 1 is 1.08 bits per heavy atom. The average Bonchev–Trinajstić information content (AvgIpc) is 3.27. The molecule has 2 fully saturated rings. The molecule has 1 aromatic carbocycles. The van der Waals surface area contributed by atoms with E-state index in [1.807, 2.05) is 11.5 Å². The van der Waals surface area contributed by atoms with Gasteiger partial charge in [0, 0.05) is 51.1 Å². The fourth-order valence-electron chi connectivity index (χ4n) is 4.51. The zero-order valence-corrected chi connectivity index (χ0v) is 21.5. The third kappa shape index (κ3) is 5.37. The number of ether oxygens (including phenoxy) is 1. The molecule has 0 atom stereocenters. The van der Waals surface area contributed by atoms with E-state index in [0.29, 0.717) is 50.8 Å². The summed E-state index contributed by atoms with van der Waals surface area (Å²) in [6, 6.07) is 6.56. The second-order valence-corrected chi connectivity index (χ2v) is 10.5. The molecule has 0 spiro atoms. The van der Waals surface area contributed by atoms with Gasteiger partial charge in [0.15, 0.2) is 5.82 Å². The lowest BCUT2D eigenvalue weighted by atomic mass is 10.1. The van der Waals surface area contributed by atoms with Crippen molar-refractivity contribution in [3.8, 4) is 11.4 Å². The number of benzene rings is 1. The smallest absolute Gasteiger partial charge is 0.243 e. The van der Waals surface area contributed by atoms with Crippen molar-refractivity contribution in [2.24, 2.45) is 0 Å². The number of hydrogen-bond donors (Lipinski definition) is 2. The first-order chi connectivity index (χ1) is 16.9. The number of rotatable bonds is 6. The van der Waals surface area contributed by atoms with E-state index in [-0.39, 0.29) is 35.0 Å². The molecular weight excluding hydrogens is 509 g/mol. The fraction of sp³-hybridized carbons (Fsp3) is 0.435. The maximum absolute atomic E-state index is 14.8. The number of piperazine rings is 1. The highest BCUT2D eigenvalue weighted by atomic mass is 35.5. The Kier molecular flexibility index (Phi) is 8.20. The van der Waals surface area contributed by atoms with Gasteiger partial charge in [-0.15, -0.1) is 12.4 Å². The first-order valence-corrected chi connectivity index (χ1v) is 13.1. The van der Waals surface area contributed by atoms with E-state index in [4.69, 9.17) is 4.74 Å². The van der Waals surface area contributed by atoms with Crippen LogP contribution in [0, 0.1) is 12.7 Å². The maximum atomic E-state index is 14.8. The molecule has 3 aromatic rings. The lowest BCUT2D eigenvalue weighted by Crippen LogP contribution is -2.46. The number of nitrogens with one attached hydrogen (secondary N) is 2. The van der Waals surface area contributed by atoms with Gasteiger partial charge in [-0.25, -0.2) is 27.8 Å². The molecule has 0 saturated carbocycles. The molecule has 13 heteroatoms. The first kappa shape index (κ1) is 26.4. The molecule has 194 valence electrons. The number of halogens is 2. The molecule has 5 rings (SSSR count). The van der Waals surface area contributed by atoms with Crippen molar-refractivity contribution in [1.29, 1.82) is 0 Å². The van der Waals surface area contributed by atoms with E-state index in [1.165, 1.54) is 4.31 Å². The monoisotopic (exact) mass is 537 g/mol. The lowest BCUT2D eigenvalue weighted by molar-refractivity contribution is 0.0694. The third-order valence-corrected chi connectivity index (χ3v) is 8.26. The molecule has 0 amide bonds. The molecule has 0 unspecified atom stereocenters. The van der Waals surface area contributed by atoms with Crippen LogP contribution in [0.5, 0.6) is 0 Å². The molecule has 2 aromatic heterocycles. The van der Waals surface area contributed by atoms with Gasteiger partial charge in [0.1, 0.15) is 11.5 Å². The van der Waals surface area contributed by atoms with Crippen molar-refractivity contribution < 1.29 is 17.5 Å². The molecule has 0 radical (unpaired) electrons. The van der Waals surface area contributed by atoms with E-state index in [0.717, 1.165) is 24.9 Å². The summed E-state index contributed by atoms with van der Waals surface area (Å²) in [7, 11) is -3.55. The van der Waals surface area contributed by atoms with E-state index in [9.17, 15) is 12.8 Å². The fourth-order valence-corrected chi connectivity index (χ4v) is 5.95. The van der Waals surface area contributed by atoms with Crippen molar-refractivity contribution in [1.82, 2.24) is 29.1 Å². The minimum absolute atomic E-state index is 0. The van der Waals surface area contributed by atoms with E-state index in [2.05, 4.69) is 25.6 Å².